The Morgan fingerprint density at radius 3 is 2.57 bits per heavy atom. The Bertz CT molecular complexity index is 1060. The average Bonchev–Trinajstić information content (AvgIpc) is 2.89. The lowest BCUT2D eigenvalue weighted by molar-refractivity contribution is 0.0359. The summed E-state index contributed by atoms with van der Waals surface area (Å²) in [5.74, 6) is 1.00. The Kier molecular flexibility index (Phi) is 10.4. The molecule has 2 heterocycles. The predicted molar refractivity (Wildman–Crippen MR) is 135 cm³/mol. The van der Waals surface area contributed by atoms with E-state index in [1.165, 1.54) is 4.31 Å². The molecule has 0 spiro atoms. The van der Waals surface area contributed by atoms with E-state index in [0.717, 1.165) is 43.6 Å². The fourth-order valence-electron chi connectivity index (χ4n) is 4.05. The number of hydrogen-bond acceptors (Lipinski definition) is 8. The molecule has 2 aromatic rings. The Hall–Kier alpha value is -2.11. The van der Waals surface area contributed by atoms with Gasteiger partial charge in [0.15, 0.2) is 5.82 Å². The molecule has 1 N–H and O–H groups in total. The molecule has 0 unspecified atom stereocenters. The third-order valence-electron chi connectivity index (χ3n) is 6.08. The molecule has 1 aliphatic rings. The summed E-state index contributed by atoms with van der Waals surface area (Å²) in [6, 6.07) is 4.84. The van der Waals surface area contributed by atoms with Crippen molar-refractivity contribution in [1.82, 2.24) is 19.2 Å². The molecule has 0 atom stereocenters. The van der Waals surface area contributed by atoms with Crippen molar-refractivity contribution in [2.75, 3.05) is 59.2 Å². The summed E-state index contributed by atoms with van der Waals surface area (Å²) in [4.78, 5) is 11.6. The number of sulfonamides is 1. The van der Waals surface area contributed by atoms with Crippen molar-refractivity contribution >= 4 is 10.0 Å². The minimum Gasteiger partial charge on any atom is -0.493 e. The minimum atomic E-state index is -3.86. The zero-order valence-corrected chi connectivity index (χ0v) is 21.9. The normalized spacial score (nSPS) is 15.0. The first kappa shape index (κ1) is 27.5. The molecular weight excluding hydrogens is 468 g/mol. The molecule has 10 heteroatoms. The SMILES string of the molecule is CCCOc1ccc(S(=O)(=O)N(CCO)CCN2CCOCC2)cc1-c1ncc(CC)c(CC)n1. The molecule has 0 bridgehead atoms. The number of morpholine rings is 1. The molecule has 0 amide bonds. The van der Waals surface area contributed by atoms with Gasteiger partial charge in [-0.05, 0) is 43.0 Å². The first-order valence-corrected chi connectivity index (χ1v) is 13.9. The van der Waals surface area contributed by atoms with E-state index in [9.17, 15) is 13.5 Å². The fourth-order valence-corrected chi connectivity index (χ4v) is 5.49. The van der Waals surface area contributed by atoms with Crippen LogP contribution in [0, 0.1) is 0 Å². The molecule has 35 heavy (non-hydrogen) atoms. The van der Waals surface area contributed by atoms with Gasteiger partial charge < -0.3 is 14.6 Å². The molecule has 3 rings (SSSR count). The number of aromatic nitrogens is 2. The van der Waals surface area contributed by atoms with Gasteiger partial charge in [0, 0.05) is 44.6 Å². The van der Waals surface area contributed by atoms with Gasteiger partial charge in [0.25, 0.3) is 0 Å². The van der Waals surface area contributed by atoms with Crippen molar-refractivity contribution in [2.45, 2.75) is 44.9 Å². The number of aryl methyl sites for hydroxylation is 2. The van der Waals surface area contributed by atoms with Crippen molar-refractivity contribution in [1.29, 1.82) is 0 Å². The summed E-state index contributed by atoms with van der Waals surface area (Å²) in [7, 11) is -3.86. The highest BCUT2D eigenvalue weighted by Crippen LogP contribution is 2.32. The van der Waals surface area contributed by atoms with Crippen molar-refractivity contribution in [2.24, 2.45) is 0 Å². The molecule has 9 nitrogen and oxygen atoms in total. The highest BCUT2D eigenvalue weighted by Gasteiger charge is 2.27. The average molecular weight is 507 g/mol. The molecule has 0 aliphatic carbocycles. The van der Waals surface area contributed by atoms with Crippen molar-refractivity contribution < 1.29 is 23.0 Å². The lowest BCUT2D eigenvalue weighted by Gasteiger charge is -2.29. The number of rotatable bonds is 13. The van der Waals surface area contributed by atoms with Crippen LogP contribution in [0.1, 0.15) is 38.4 Å². The van der Waals surface area contributed by atoms with Gasteiger partial charge in [0.05, 0.1) is 36.9 Å². The van der Waals surface area contributed by atoms with Crippen LogP contribution in [-0.2, 0) is 27.6 Å². The summed E-state index contributed by atoms with van der Waals surface area (Å²) < 4.78 is 39.9. The van der Waals surface area contributed by atoms with Crippen LogP contribution in [0.5, 0.6) is 5.75 Å². The number of aliphatic hydroxyl groups is 1. The number of hydrogen-bond donors (Lipinski definition) is 1. The van der Waals surface area contributed by atoms with Gasteiger partial charge in [-0.15, -0.1) is 0 Å². The molecule has 0 saturated carbocycles. The standard InChI is InChI=1S/C25H38N4O5S/c1-4-15-34-24-8-7-21(18-22(24)25-26-19-20(5-2)23(6-3)27-25)35(31,32)29(11-14-30)10-9-28-12-16-33-17-13-28/h7-8,18-19,30H,4-6,9-17H2,1-3H3. The molecule has 1 aromatic heterocycles. The van der Waals surface area contributed by atoms with Crippen LogP contribution in [0.15, 0.2) is 29.3 Å². The lowest BCUT2D eigenvalue weighted by Crippen LogP contribution is -2.43. The minimum absolute atomic E-state index is 0.0256. The van der Waals surface area contributed by atoms with E-state index in [2.05, 4.69) is 16.8 Å². The highest BCUT2D eigenvalue weighted by atomic mass is 32.2. The van der Waals surface area contributed by atoms with E-state index in [4.69, 9.17) is 14.5 Å². The fraction of sp³-hybridized carbons (Fsp3) is 0.600. The van der Waals surface area contributed by atoms with Gasteiger partial charge in [-0.3, -0.25) is 4.90 Å². The summed E-state index contributed by atoms with van der Waals surface area (Å²) in [5.41, 5.74) is 2.57. The van der Waals surface area contributed by atoms with E-state index in [1.54, 1.807) is 18.2 Å². The zero-order valence-electron chi connectivity index (χ0n) is 21.1. The quantitative estimate of drug-likeness (QED) is 0.442. The monoisotopic (exact) mass is 506 g/mol. The predicted octanol–water partition coefficient (Wildman–Crippen LogP) is 2.37. The number of aliphatic hydroxyl groups excluding tert-OH is 1. The van der Waals surface area contributed by atoms with Gasteiger partial charge in [0.2, 0.25) is 10.0 Å². The molecule has 1 aliphatic heterocycles. The second kappa shape index (κ2) is 13.3. The molecule has 1 aromatic carbocycles. The van der Waals surface area contributed by atoms with Gasteiger partial charge in [-0.25, -0.2) is 18.4 Å². The van der Waals surface area contributed by atoms with E-state index in [0.29, 0.717) is 43.5 Å². The number of nitrogens with zero attached hydrogens (tertiary/aromatic N) is 4. The Labute approximate surface area is 209 Å². The molecule has 194 valence electrons. The summed E-state index contributed by atoms with van der Waals surface area (Å²) in [5, 5.41) is 9.59. The highest BCUT2D eigenvalue weighted by molar-refractivity contribution is 7.89. The largest absolute Gasteiger partial charge is 0.493 e. The first-order valence-electron chi connectivity index (χ1n) is 12.5. The number of benzene rings is 1. The van der Waals surface area contributed by atoms with Gasteiger partial charge in [-0.1, -0.05) is 20.8 Å². The van der Waals surface area contributed by atoms with E-state index in [1.807, 2.05) is 20.0 Å². The van der Waals surface area contributed by atoms with E-state index in [-0.39, 0.29) is 24.6 Å². The summed E-state index contributed by atoms with van der Waals surface area (Å²) >= 11 is 0. The van der Waals surface area contributed by atoms with Crippen molar-refractivity contribution in [3.05, 3.63) is 35.7 Å². The second-order valence-corrected chi connectivity index (χ2v) is 10.4. The number of ether oxygens (including phenoxy) is 2. The molecule has 1 saturated heterocycles. The van der Waals surface area contributed by atoms with Crippen LogP contribution < -0.4 is 4.74 Å². The van der Waals surface area contributed by atoms with Crippen molar-refractivity contribution in [3.8, 4) is 17.1 Å². The molecular formula is C25H38N4O5S. The van der Waals surface area contributed by atoms with Crippen molar-refractivity contribution in [3.63, 3.8) is 0 Å². The zero-order chi connectivity index (χ0) is 25.3. The van der Waals surface area contributed by atoms with E-state index >= 15 is 0 Å². The maximum absolute atomic E-state index is 13.6. The Balaban J connectivity index is 1.96. The first-order chi connectivity index (χ1) is 16.9. The van der Waals surface area contributed by atoms with Gasteiger partial charge in [0.1, 0.15) is 5.75 Å². The third-order valence-corrected chi connectivity index (χ3v) is 7.97. The smallest absolute Gasteiger partial charge is 0.243 e. The maximum atomic E-state index is 13.6. The summed E-state index contributed by atoms with van der Waals surface area (Å²) in [6.07, 6.45) is 4.22. The summed E-state index contributed by atoms with van der Waals surface area (Å²) in [6.45, 7) is 10.1. The molecule has 1 fully saturated rings. The maximum Gasteiger partial charge on any atom is 0.243 e. The van der Waals surface area contributed by atoms with E-state index < -0.39 is 10.0 Å². The van der Waals surface area contributed by atoms with Gasteiger partial charge >= 0.3 is 0 Å². The van der Waals surface area contributed by atoms with Crippen LogP contribution in [0.2, 0.25) is 0 Å². The third kappa shape index (κ3) is 6.98. The Morgan fingerprint density at radius 1 is 1.14 bits per heavy atom. The second-order valence-electron chi connectivity index (χ2n) is 8.46. The topological polar surface area (TPSA) is 105 Å². The molecule has 0 radical (unpaired) electrons. The van der Waals surface area contributed by atoms with Crippen LogP contribution in [0.25, 0.3) is 11.4 Å². The van der Waals surface area contributed by atoms with Crippen LogP contribution in [0.4, 0.5) is 0 Å². The van der Waals surface area contributed by atoms with Crippen LogP contribution in [-0.4, -0.2) is 91.8 Å². The van der Waals surface area contributed by atoms with Gasteiger partial charge in [-0.2, -0.15) is 4.31 Å². The Morgan fingerprint density at radius 2 is 1.91 bits per heavy atom. The van der Waals surface area contributed by atoms with Crippen LogP contribution in [0.3, 0.4) is 0 Å². The lowest BCUT2D eigenvalue weighted by atomic mass is 10.1. The van der Waals surface area contributed by atoms with Crippen LogP contribution >= 0.6 is 0 Å².